The Bertz CT molecular complexity index is 901. The molecule has 16 nitrogen and oxygen atoms in total. The molecule has 0 rings (SSSR count). The number of carboxylic acids is 2. The van der Waals surface area contributed by atoms with E-state index in [-0.39, 0.29) is 37.7 Å². The largest absolute Gasteiger partial charge is 0.481 e. The Balaban J connectivity index is 4.98. The number of hydrogen-bond donors (Lipinski definition) is 11. The average Bonchev–Trinajstić information content (AvgIpc) is 2.90. The second-order valence-corrected chi connectivity index (χ2v) is 10.0. The third-order valence-corrected chi connectivity index (χ3v) is 6.26. The zero-order chi connectivity index (χ0) is 31.9. The number of unbranched alkanes of at least 4 members (excludes halogenated alkanes) is 6. The molecular weight excluding hydrogens is 550 g/mol. The summed E-state index contributed by atoms with van der Waals surface area (Å²) < 4.78 is 0. The first-order chi connectivity index (χ1) is 19.9. The number of carbonyl (C=O) groups is 5. The molecule has 3 amide bonds. The molecule has 0 aliphatic rings. The molecule has 42 heavy (non-hydrogen) atoms. The van der Waals surface area contributed by atoms with Crippen molar-refractivity contribution in [3.05, 3.63) is 0 Å². The lowest BCUT2D eigenvalue weighted by atomic mass is 10.1. The van der Waals surface area contributed by atoms with Crippen LogP contribution in [0.4, 0.5) is 0 Å². The van der Waals surface area contributed by atoms with Gasteiger partial charge in [0.1, 0.15) is 18.1 Å². The Morgan fingerprint density at radius 1 is 0.667 bits per heavy atom. The van der Waals surface area contributed by atoms with Crippen LogP contribution in [0.1, 0.15) is 90.4 Å². The van der Waals surface area contributed by atoms with Crippen molar-refractivity contribution in [3.8, 4) is 0 Å². The highest BCUT2D eigenvalue weighted by atomic mass is 16.4. The standard InChI is InChI=1S/C26H49N9O7/c1-2-3-11-17(22(39)35-18(24(41)42)12-10-15-32-26(29)30)34-23(40)19(16-21(37)38)33-20(36)13-8-6-4-5-7-9-14-31-25(27)28/h17-19H,2-16H2,1H3,(H,33,36)(H,34,40)(H,35,39)(H,37,38)(H,41,42)(H4,27,28,31)(H4,29,30,32)/t17-,18-,19-/m0/s1. The lowest BCUT2D eigenvalue weighted by Crippen LogP contribution is -2.56. The number of carbonyl (C=O) groups excluding carboxylic acids is 3. The number of hydrogen-bond acceptors (Lipinski definition) is 7. The zero-order valence-electron chi connectivity index (χ0n) is 24.4. The third-order valence-electron chi connectivity index (χ3n) is 6.26. The van der Waals surface area contributed by atoms with Crippen molar-refractivity contribution in [1.29, 1.82) is 10.8 Å². The SMILES string of the molecule is CCCC[C@H](NC(=O)[C@H](CC(=O)O)NC(=O)CCCCCCCCNC(=N)N)C(=O)N[C@@H](CCCNC(=N)N)C(=O)O. The van der Waals surface area contributed by atoms with Gasteiger partial charge in [-0.25, -0.2) is 4.79 Å². The Labute approximate surface area is 246 Å². The first kappa shape index (κ1) is 37.9. The summed E-state index contributed by atoms with van der Waals surface area (Å²) in [5.41, 5.74) is 10.4. The molecule has 0 aromatic carbocycles. The highest BCUT2D eigenvalue weighted by molar-refractivity contribution is 5.94. The van der Waals surface area contributed by atoms with Crippen LogP contribution in [-0.2, 0) is 24.0 Å². The van der Waals surface area contributed by atoms with Crippen LogP contribution >= 0.6 is 0 Å². The molecular formula is C26H49N9O7. The van der Waals surface area contributed by atoms with Crippen LogP contribution in [-0.4, -0.2) is 83.0 Å². The molecule has 0 fully saturated rings. The van der Waals surface area contributed by atoms with E-state index in [1.807, 2.05) is 6.92 Å². The summed E-state index contributed by atoms with van der Waals surface area (Å²) in [6.07, 6.45) is 6.16. The van der Waals surface area contributed by atoms with Gasteiger partial charge >= 0.3 is 11.9 Å². The molecule has 240 valence electrons. The summed E-state index contributed by atoms with van der Waals surface area (Å²) in [6, 6.07) is -3.79. The van der Waals surface area contributed by atoms with E-state index in [1.165, 1.54) is 0 Å². The van der Waals surface area contributed by atoms with Crippen molar-refractivity contribution in [3.63, 3.8) is 0 Å². The Morgan fingerprint density at radius 3 is 1.71 bits per heavy atom. The van der Waals surface area contributed by atoms with Crippen molar-refractivity contribution in [1.82, 2.24) is 26.6 Å². The van der Waals surface area contributed by atoms with Gasteiger partial charge in [0.2, 0.25) is 17.7 Å². The van der Waals surface area contributed by atoms with E-state index >= 15 is 0 Å². The number of nitrogens with one attached hydrogen (secondary N) is 7. The first-order valence-electron chi connectivity index (χ1n) is 14.4. The number of guanidine groups is 2. The second kappa shape index (κ2) is 22.6. The molecule has 3 atom stereocenters. The first-order valence-corrected chi connectivity index (χ1v) is 14.4. The maximum absolute atomic E-state index is 13.0. The minimum Gasteiger partial charge on any atom is -0.481 e. The number of carboxylic acid groups (broad SMARTS) is 2. The van der Waals surface area contributed by atoms with Crippen molar-refractivity contribution in [2.45, 2.75) is 109 Å². The number of aliphatic carboxylic acids is 2. The molecule has 16 heteroatoms. The second-order valence-electron chi connectivity index (χ2n) is 10.0. The van der Waals surface area contributed by atoms with Crippen molar-refractivity contribution < 1.29 is 34.2 Å². The van der Waals surface area contributed by atoms with Crippen LogP contribution in [0.25, 0.3) is 0 Å². The quantitative estimate of drug-likeness (QED) is 0.0388. The normalized spacial score (nSPS) is 12.7. The van der Waals surface area contributed by atoms with Gasteiger partial charge in [0.25, 0.3) is 0 Å². The Kier molecular flexibility index (Phi) is 20.4. The Hall–Kier alpha value is -4.11. The van der Waals surface area contributed by atoms with Gasteiger partial charge in [-0.2, -0.15) is 0 Å². The van der Waals surface area contributed by atoms with Crippen LogP contribution < -0.4 is 38.1 Å². The van der Waals surface area contributed by atoms with Gasteiger partial charge in [0.15, 0.2) is 11.9 Å². The molecule has 0 saturated carbocycles. The summed E-state index contributed by atoms with van der Waals surface area (Å²) in [5, 5.41) is 45.7. The van der Waals surface area contributed by atoms with E-state index in [2.05, 4.69) is 26.6 Å². The molecule has 0 unspecified atom stereocenters. The van der Waals surface area contributed by atoms with Gasteiger partial charge in [-0.15, -0.1) is 0 Å². The molecule has 0 aliphatic heterocycles. The van der Waals surface area contributed by atoms with Crippen LogP contribution in [0.5, 0.6) is 0 Å². The van der Waals surface area contributed by atoms with Gasteiger partial charge in [0, 0.05) is 19.5 Å². The van der Waals surface area contributed by atoms with E-state index in [9.17, 15) is 34.2 Å². The molecule has 0 spiro atoms. The van der Waals surface area contributed by atoms with Crippen molar-refractivity contribution in [2.24, 2.45) is 11.5 Å². The van der Waals surface area contributed by atoms with Crippen molar-refractivity contribution in [2.75, 3.05) is 13.1 Å². The monoisotopic (exact) mass is 599 g/mol. The minimum atomic E-state index is -1.41. The van der Waals surface area contributed by atoms with Gasteiger partial charge in [-0.05, 0) is 32.1 Å². The predicted molar refractivity (Wildman–Crippen MR) is 157 cm³/mol. The third kappa shape index (κ3) is 19.9. The maximum atomic E-state index is 13.0. The zero-order valence-corrected chi connectivity index (χ0v) is 24.4. The molecule has 0 saturated heterocycles. The van der Waals surface area contributed by atoms with Gasteiger partial charge in [-0.3, -0.25) is 30.0 Å². The predicted octanol–water partition coefficient (Wildman–Crippen LogP) is -0.333. The van der Waals surface area contributed by atoms with Crippen LogP contribution in [0.15, 0.2) is 0 Å². The highest BCUT2D eigenvalue weighted by Gasteiger charge is 2.30. The average molecular weight is 600 g/mol. The fourth-order valence-electron chi connectivity index (χ4n) is 4.00. The maximum Gasteiger partial charge on any atom is 0.326 e. The summed E-state index contributed by atoms with van der Waals surface area (Å²) in [7, 11) is 0. The Morgan fingerprint density at radius 2 is 1.17 bits per heavy atom. The number of amides is 3. The van der Waals surface area contributed by atoms with Gasteiger partial charge < -0.3 is 48.3 Å². The topological polar surface area (TPSA) is 286 Å². The minimum absolute atomic E-state index is 0.0462. The van der Waals surface area contributed by atoms with Crippen molar-refractivity contribution >= 4 is 41.6 Å². The fourth-order valence-corrected chi connectivity index (χ4v) is 4.00. The smallest absolute Gasteiger partial charge is 0.326 e. The summed E-state index contributed by atoms with van der Waals surface area (Å²) in [4.78, 5) is 61.4. The molecule has 0 bridgehead atoms. The summed E-state index contributed by atoms with van der Waals surface area (Å²) >= 11 is 0. The molecule has 13 N–H and O–H groups in total. The highest BCUT2D eigenvalue weighted by Crippen LogP contribution is 2.08. The lowest BCUT2D eigenvalue weighted by Gasteiger charge is -2.24. The van der Waals surface area contributed by atoms with E-state index in [0.717, 1.165) is 32.1 Å². The van der Waals surface area contributed by atoms with Gasteiger partial charge in [0.05, 0.1) is 6.42 Å². The summed E-state index contributed by atoms with van der Waals surface area (Å²) in [6.45, 7) is 2.74. The number of nitrogens with two attached hydrogens (primary N) is 2. The van der Waals surface area contributed by atoms with Crippen LogP contribution in [0.2, 0.25) is 0 Å². The molecule has 0 aliphatic carbocycles. The summed E-state index contributed by atoms with van der Waals surface area (Å²) in [5.74, 6) is -4.97. The van der Waals surface area contributed by atoms with Gasteiger partial charge in [-0.1, -0.05) is 45.4 Å². The molecule has 0 radical (unpaired) electrons. The van der Waals surface area contributed by atoms with E-state index < -0.39 is 54.2 Å². The van der Waals surface area contributed by atoms with E-state index in [4.69, 9.17) is 22.3 Å². The molecule has 0 aromatic heterocycles. The molecule has 0 aromatic rings. The van der Waals surface area contributed by atoms with Crippen LogP contribution in [0, 0.1) is 10.8 Å². The fraction of sp³-hybridized carbons (Fsp3) is 0.731. The van der Waals surface area contributed by atoms with Crippen LogP contribution in [0.3, 0.4) is 0 Å². The lowest BCUT2D eigenvalue weighted by molar-refractivity contribution is -0.143. The molecule has 0 heterocycles. The van der Waals surface area contributed by atoms with E-state index in [0.29, 0.717) is 32.2 Å². The van der Waals surface area contributed by atoms with E-state index in [1.54, 1.807) is 0 Å². The number of rotatable bonds is 24.